The van der Waals surface area contributed by atoms with Gasteiger partial charge in [-0.05, 0) is 113 Å². The van der Waals surface area contributed by atoms with E-state index in [1.807, 2.05) is 13.1 Å². The summed E-state index contributed by atoms with van der Waals surface area (Å²) in [4.78, 5) is 92.2. The van der Waals surface area contributed by atoms with Crippen molar-refractivity contribution < 1.29 is 27.7 Å². The zero-order chi connectivity index (χ0) is 49.3. The molecule has 8 amide bonds. The average Bonchev–Trinajstić information content (AvgIpc) is 3.13. The van der Waals surface area contributed by atoms with Crippen LogP contribution in [0.4, 0.5) is 31.1 Å². The van der Waals surface area contributed by atoms with Crippen molar-refractivity contribution in [2.24, 2.45) is 21.7 Å². The van der Waals surface area contributed by atoms with E-state index in [0.29, 0.717) is 50.3 Å². The lowest BCUT2D eigenvalue weighted by Crippen LogP contribution is -2.55. The summed E-state index contributed by atoms with van der Waals surface area (Å²) in [6.45, 7) is 26.3. The van der Waals surface area contributed by atoms with Gasteiger partial charge in [-0.1, -0.05) is 41.5 Å². The van der Waals surface area contributed by atoms with Gasteiger partial charge >= 0.3 is 32.7 Å². The number of hydrogen-bond acceptors (Lipinski definition) is 10. The summed E-state index contributed by atoms with van der Waals surface area (Å²) >= 11 is 0. The number of aromatic nitrogens is 4. The van der Waals surface area contributed by atoms with Crippen molar-refractivity contribution in [2.75, 3.05) is 50.5 Å². The Balaban J connectivity index is 1.37. The summed E-state index contributed by atoms with van der Waals surface area (Å²) in [5.74, 6) is 0.133. The molecule has 0 aliphatic heterocycles. The molecular weight excluding hydrogens is 881 g/mol. The van der Waals surface area contributed by atoms with Crippen molar-refractivity contribution in [3.05, 3.63) is 44.2 Å². The molecule has 0 saturated heterocycles. The van der Waals surface area contributed by atoms with Gasteiger partial charge in [0.15, 0.2) is 8.32 Å². The van der Waals surface area contributed by atoms with Crippen molar-refractivity contribution in [1.29, 1.82) is 0 Å². The SMILES string of the molecule is CO[Si](C)(C)O[Si](C)(C)CCCN(CCNC(=O)NC1CC(C)(C)CC(C)(CNC(=O)Nc2nc(=O)cc(C)[nH]2)C1)C(=O)NC1CC(C)(C)CC(C)(CNC(=O)Nc2nc(=O)cc(C)[nH]2)C1. The van der Waals surface area contributed by atoms with Crippen LogP contribution >= 0.6 is 0 Å². The average molecular weight is 959 g/mol. The fraction of sp³-hybridized carbons (Fsp3) is 0.727. The maximum absolute atomic E-state index is 14.2. The van der Waals surface area contributed by atoms with Gasteiger partial charge in [0.05, 0.1) is 0 Å². The second-order valence-corrected chi connectivity index (χ2v) is 30.1. The molecule has 0 spiro atoms. The third-order valence-corrected chi connectivity index (χ3v) is 19.0. The lowest BCUT2D eigenvalue weighted by molar-refractivity contribution is 0.0724. The highest BCUT2D eigenvalue weighted by Crippen LogP contribution is 2.47. The van der Waals surface area contributed by atoms with E-state index in [2.05, 4.69) is 112 Å². The highest BCUT2D eigenvalue weighted by Gasteiger charge is 2.44. The number of amides is 8. The number of H-pyrrole nitrogens is 2. The number of aryl methyl sites for hydroxylation is 2. The van der Waals surface area contributed by atoms with Gasteiger partial charge in [-0.3, -0.25) is 20.2 Å². The number of nitrogens with zero attached hydrogens (tertiary/aromatic N) is 3. The first-order chi connectivity index (χ1) is 30.4. The Hall–Kier alpha value is -4.81. The predicted octanol–water partition coefficient (Wildman–Crippen LogP) is 5.85. The molecule has 4 rings (SSSR count). The summed E-state index contributed by atoms with van der Waals surface area (Å²) in [5, 5.41) is 20.6. The van der Waals surface area contributed by atoms with E-state index < -0.39 is 40.1 Å². The van der Waals surface area contributed by atoms with E-state index in [-0.39, 0.29) is 70.8 Å². The first-order valence-corrected chi connectivity index (χ1v) is 29.0. The Labute approximate surface area is 391 Å². The van der Waals surface area contributed by atoms with Crippen LogP contribution in [0.25, 0.3) is 0 Å². The zero-order valence-electron chi connectivity index (χ0n) is 41.6. The standard InChI is InChI=1S/C44H78N12O8Si2/c1-29-19-33(57)52-35(48-29)54-38(60)46-27-43(7)23-31(21-41(3,4)25-43)50-37(59)45-15-17-56(16-14-18-65(10,11)64-66(12,13)63-9)40(62)51-32-22-42(5,6)26-44(8,24-32)28-47-39(61)55-36-49-30(2)20-34(58)53-36/h19-20,31-32H,14-18,21-28H2,1-13H3,(H,51,62)(H2,45,50,59)(H3,46,48,52,54,57,60)(H3,47,49,53,55,58,61). The summed E-state index contributed by atoms with van der Waals surface area (Å²) in [5.41, 5.74) is -0.717. The minimum absolute atomic E-state index is 0.0666. The topological polar surface area (TPSA) is 266 Å². The van der Waals surface area contributed by atoms with Crippen LogP contribution in [-0.2, 0) is 8.54 Å². The zero-order valence-corrected chi connectivity index (χ0v) is 43.6. The number of hydrogen-bond donors (Lipinski definition) is 9. The monoisotopic (exact) mass is 959 g/mol. The van der Waals surface area contributed by atoms with Crippen molar-refractivity contribution in [3.63, 3.8) is 0 Å². The van der Waals surface area contributed by atoms with E-state index >= 15 is 0 Å². The van der Waals surface area contributed by atoms with Gasteiger partial charge < -0.3 is 50.0 Å². The fourth-order valence-corrected chi connectivity index (χ4v) is 17.6. The molecule has 2 saturated carbocycles. The minimum Gasteiger partial charge on any atom is -0.436 e. The van der Waals surface area contributed by atoms with Crippen LogP contribution in [0.2, 0.25) is 32.2 Å². The molecule has 2 aliphatic rings. The van der Waals surface area contributed by atoms with Crippen molar-refractivity contribution in [1.82, 2.24) is 51.4 Å². The van der Waals surface area contributed by atoms with Gasteiger partial charge in [0.25, 0.3) is 11.1 Å². The van der Waals surface area contributed by atoms with Gasteiger partial charge in [-0.2, -0.15) is 9.97 Å². The molecule has 370 valence electrons. The second kappa shape index (κ2) is 21.9. The summed E-state index contributed by atoms with van der Waals surface area (Å²) in [6.07, 6.45) is 5.09. The first-order valence-electron chi connectivity index (χ1n) is 23.1. The Morgan fingerprint density at radius 2 is 1.18 bits per heavy atom. The molecular formula is C44H78N12O8Si2. The molecule has 2 fully saturated rings. The van der Waals surface area contributed by atoms with Crippen molar-refractivity contribution in [2.45, 2.75) is 145 Å². The van der Waals surface area contributed by atoms with Crippen LogP contribution < -0.4 is 48.3 Å². The first kappa shape index (κ1) is 53.8. The van der Waals surface area contributed by atoms with Crippen LogP contribution in [0, 0.1) is 35.5 Å². The maximum Gasteiger partial charge on any atom is 0.321 e. The molecule has 9 N–H and O–H groups in total. The normalized spacial score (nSPS) is 22.6. The molecule has 0 bridgehead atoms. The van der Waals surface area contributed by atoms with E-state index in [1.165, 1.54) is 12.1 Å². The molecule has 0 radical (unpaired) electrons. The number of aromatic amines is 2. The third kappa shape index (κ3) is 18.1. The molecule has 20 nitrogen and oxygen atoms in total. The van der Waals surface area contributed by atoms with Crippen LogP contribution in [-0.4, -0.2) is 118 Å². The van der Waals surface area contributed by atoms with E-state index in [1.54, 1.807) is 25.9 Å². The van der Waals surface area contributed by atoms with Crippen LogP contribution in [0.15, 0.2) is 21.7 Å². The number of urea groups is 4. The van der Waals surface area contributed by atoms with Crippen molar-refractivity contribution >= 4 is 52.9 Å². The Morgan fingerprint density at radius 3 is 1.64 bits per heavy atom. The lowest BCUT2D eigenvalue weighted by atomic mass is 9.62. The molecule has 2 aliphatic carbocycles. The van der Waals surface area contributed by atoms with Gasteiger partial charge in [0.2, 0.25) is 11.9 Å². The second-order valence-electron chi connectivity index (χ2n) is 22.0. The number of carbonyl (C=O) groups excluding carboxylic acids is 4. The largest absolute Gasteiger partial charge is 0.436 e. The smallest absolute Gasteiger partial charge is 0.321 e. The predicted molar refractivity (Wildman–Crippen MR) is 261 cm³/mol. The number of anilines is 2. The molecule has 2 heterocycles. The van der Waals surface area contributed by atoms with Crippen molar-refractivity contribution in [3.8, 4) is 0 Å². The van der Waals surface area contributed by atoms with Gasteiger partial charge in [-0.25, -0.2) is 19.2 Å². The molecule has 66 heavy (non-hydrogen) atoms. The van der Waals surface area contributed by atoms with E-state index in [4.69, 9.17) is 8.54 Å². The Morgan fingerprint density at radius 1 is 0.712 bits per heavy atom. The minimum atomic E-state index is -2.27. The molecule has 2 aromatic rings. The summed E-state index contributed by atoms with van der Waals surface area (Å²) < 4.78 is 12.2. The number of nitrogens with one attached hydrogen (secondary N) is 9. The number of rotatable bonds is 18. The molecule has 22 heteroatoms. The Kier molecular flexibility index (Phi) is 17.8. The number of carbonyl (C=O) groups is 4. The Bertz CT molecular complexity index is 2150. The maximum atomic E-state index is 14.2. The van der Waals surface area contributed by atoms with Crippen LogP contribution in [0.1, 0.15) is 97.9 Å². The lowest BCUT2D eigenvalue weighted by Gasteiger charge is -2.47. The quantitative estimate of drug-likeness (QED) is 0.0805. The van der Waals surface area contributed by atoms with E-state index in [9.17, 15) is 28.8 Å². The van der Waals surface area contributed by atoms with Gasteiger partial charge in [0.1, 0.15) is 0 Å². The third-order valence-electron chi connectivity index (χ3n) is 12.3. The van der Waals surface area contributed by atoms with E-state index in [0.717, 1.165) is 31.7 Å². The van der Waals surface area contributed by atoms with Gasteiger partial charge in [-0.15, -0.1) is 0 Å². The van der Waals surface area contributed by atoms with Crippen LogP contribution in [0.5, 0.6) is 0 Å². The fourth-order valence-electron chi connectivity index (χ4n) is 10.5. The highest BCUT2D eigenvalue weighted by molar-refractivity contribution is 6.82. The molecule has 0 aromatic carbocycles. The van der Waals surface area contributed by atoms with Crippen LogP contribution in [0.3, 0.4) is 0 Å². The summed E-state index contributed by atoms with van der Waals surface area (Å²) in [6, 6.07) is 1.62. The molecule has 4 unspecified atom stereocenters. The van der Waals surface area contributed by atoms with Gasteiger partial charge in [0, 0.05) is 75.4 Å². The highest BCUT2D eigenvalue weighted by atomic mass is 28.4. The molecule has 4 atom stereocenters. The summed E-state index contributed by atoms with van der Waals surface area (Å²) in [7, 11) is -2.72. The molecule has 2 aromatic heterocycles.